The third kappa shape index (κ3) is 3.37. The van der Waals surface area contributed by atoms with E-state index in [1.165, 1.54) is 5.56 Å². The molecule has 1 N–H and O–H groups in total. The molecule has 1 fully saturated rings. The predicted octanol–water partition coefficient (Wildman–Crippen LogP) is 3.47. The van der Waals surface area contributed by atoms with Crippen LogP contribution >= 0.6 is 11.8 Å². The highest BCUT2D eigenvalue weighted by Gasteiger charge is 2.28. The molecule has 5 nitrogen and oxygen atoms in total. The number of nitrogens with one attached hydrogen (secondary N) is 1. The molecule has 1 aromatic carbocycles. The molecule has 2 amide bonds. The van der Waals surface area contributed by atoms with Crippen LogP contribution in [0.2, 0.25) is 0 Å². The number of para-hydroxylation sites is 1. The first-order valence-electron chi connectivity index (χ1n) is 7.76. The van der Waals surface area contributed by atoms with E-state index in [0.29, 0.717) is 5.92 Å². The number of amides is 2. The van der Waals surface area contributed by atoms with Crippen LogP contribution < -0.4 is 5.32 Å². The van der Waals surface area contributed by atoms with Crippen LogP contribution in [0.25, 0.3) is 0 Å². The maximum Gasteiger partial charge on any atom is 0.321 e. The molecule has 0 radical (unpaired) electrons. The molecule has 2 heterocycles. The molecule has 23 heavy (non-hydrogen) atoms. The van der Waals surface area contributed by atoms with Crippen molar-refractivity contribution in [3.8, 4) is 0 Å². The monoisotopic (exact) mass is 330 g/mol. The van der Waals surface area contributed by atoms with Crippen LogP contribution in [0.4, 0.5) is 10.5 Å². The van der Waals surface area contributed by atoms with Gasteiger partial charge in [-0.3, -0.25) is 4.68 Å². The van der Waals surface area contributed by atoms with Crippen LogP contribution in [0.1, 0.15) is 23.5 Å². The molecule has 1 aliphatic heterocycles. The lowest BCUT2D eigenvalue weighted by Crippen LogP contribution is -2.33. The maximum absolute atomic E-state index is 12.6. The molecule has 0 spiro atoms. The molecule has 0 aliphatic carbocycles. The molecule has 122 valence electrons. The second-order valence-electron chi connectivity index (χ2n) is 5.96. The first-order valence-corrected chi connectivity index (χ1v) is 8.99. The maximum atomic E-state index is 12.6. The first kappa shape index (κ1) is 15.9. The Morgan fingerprint density at radius 3 is 2.96 bits per heavy atom. The van der Waals surface area contributed by atoms with Crippen molar-refractivity contribution in [2.75, 3.05) is 24.7 Å². The van der Waals surface area contributed by atoms with E-state index in [-0.39, 0.29) is 6.03 Å². The van der Waals surface area contributed by atoms with Gasteiger partial charge in [0.05, 0.1) is 11.9 Å². The van der Waals surface area contributed by atoms with Gasteiger partial charge in [0, 0.05) is 37.1 Å². The summed E-state index contributed by atoms with van der Waals surface area (Å²) in [6.45, 7) is 3.56. The molecule has 1 saturated heterocycles. The number of rotatable bonds is 3. The summed E-state index contributed by atoms with van der Waals surface area (Å²) < 4.78 is 1.82. The summed E-state index contributed by atoms with van der Waals surface area (Å²) in [5.41, 5.74) is 3.23. The van der Waals surface area contributed by atoms with Gasteiger partial charge < -0.3 is 10.2 Å². The molecule has 1 aliphatic rings. The fraction of sp³-hybridized carbons (Fsp3) is 0.412. The molecule has 2 aromatic rings. The Morgan fingerprint density at radius 2 is 2.26 bits per heavy atom. The molecule has 3 rings (SSSR count). The van der Waals surface area contributed by atoms with Crippen LogP contribution in [0.15, 0.2) is 35.5 Å². The SMILES string of the molecule is CSc1cccc(C)c1NC(=O)N1CC[C@H](c2cnn(C)c2)C1. The van der Waals surface area contributed by atoms with Crippen molar-refractivity contribution in [1.29, 1.82) is 0 Å². The fourth-order valence-electron chi connectivity index (χ4n) is 3.02. The number of nitrogens with zero attached hydrogens (tertiary/aromatic N) is 3. The van der Waals surface area contributed by atoms with Gasteiger partial charge in [-0.05, 0) is 36.8 Å². The van der Waals surface area contributed by atoms with Crippen LogP contribution in [0.3, 0.4) is 0 Å². The van der Waals surface area contributed by atoms with Crippen LogP contribution in [-0.4, -0.2) is 40.1 Å². The highest BCUT2D eigenvalue weighted by Crippen LogP contribution is 2.30. The molecule has 1 aromatic heterocycles. The highest BCUT2D eigenvalue weighted by atomic mass is 32.2. The van der Waals surface area contributed by atoms with Crippen molar-refractivity contribution >= 4 is 23.5 Å². The van der Waals surface area contributed by atoms with Crippen LogP contribution in [0.5, 0.6) is 0 Å². The fourth-order valence-corrected chi connectivity index (χ4v) is 3.66. The lowest BCUT2D eigenvalue weighted by atomic mass is 10.0. The van der Waals surface area contributed by atoms with E-state index >= 15 is 0 Å². The van der Waals surface area contributed by atoms with Gasteiger partial charge >= 0.3 is 6.03 Å². The molecular formula is C17H22N4OS. The summed E-state index contributed by atoms with van der Waals surface area (Å²) in [4.78, 5) is 15.6. The van der Waals surface area contributed by atoms with Crippen molar-refractivity contribution in [3.63, 3.8) is 0 Å². The molecule has 0 saturated carbocycles. The molecule has 1 atom stereocenters. The average Bonchev–Trinajstić information content (AvgIpc) is 3.18. The van der Waals surface area contributed by atoms with Crippen LogP contribution in [-0.2, 0) is 7.05 Å². The van der Waals surface area contributed by atoms with Gasteiger partial charge in [-0.25, -0.2) is 4.79 Å². The third-order valence-corrected chi connectivity index (χ3v) is 5.14. The van der Waals surface area contributed by atoms with Crippen molar-refractivity contribution in [2.24, 2.45) is 7.05 Å². The summed E-state index contributed by atoms with van der Waals surface area (Å²) in [5.74, 6) is 0.381. The minimum absolute atomic E-state index is 0.0130. The minimum Gasteiger partial charge on any atom is -0.324 e. The number of carbonyl (C=O) groups is 1. The lowest BCUT2D eigenvalue weighted by molar-refractivity contribution is 0.222. The van der Waals surface area contributed by atoms with E-state index in [1.54, 1.807) is 11.8 Å². The number of urea groups is 1. The smallest absolute Gasteiger partial charge is 0.321 e. The number of likely N-dealkylation sites (tertiary alicyclic amines) is 1. The standard InChI is InChI=1S/C17H22N4OS/c1-12-5-4-6-15(23-3)16(12)19-17(22)21-8-7-13(11-21)14-9-18-20(2)10-14/h4-6,9-10,13H,7-8,11H2,1-3H3,(H,19,22)/t13-/m0/s1. The predicted molar refractivity (Wildman–Crippen MR) is 94.1 cm³/mol. The Balaban J connectivity index is 1.68. The second kappa shape index (κ2) is 6.66. The zero-order valence-corrected chi connectivity index (χ0v) is 14.6. The third-order valence-electron chi connectivity index (χ3n) is 4.36. The summed E-state index contributed by atoms with van der Waals surface area (Å²) in [7, 11) is 1.92. The largest absolute Gasteiger partial charge is 0.324 e. The van der Waals surface area contributed by atoms with Crippen molar-refractivity contribution in [1.82, 2.24) is 14.7 Å². The average molecular weight is 330 g/mol. The Labute approximate surface area is 141 Å². The number of aryl methyl sites for hydroxylation is 2. The number of thioether (sulfide) groups is 1. The Hall–Kier alpha value is -1.95. The van der Waals surface area contributed by atoms with Gasteiger partial charge in [0.15, 0.2) is 0 Å². The van der Waals surface area contributed by atoms with Gasteiger partial charge in [-0.1, -0.05) is 12.1 Å². The molecular weight excluding hydrogens is 308 g/mol. The van der Waals surface area contributed by atoms with Crippen molar-refractivity contribution in [3.05, 3.63) is 41.7 Å². The van der Waals surface area contributed by atoms with Gasteiger partial charge in [0.25, 0.3) is 0 Å². The Bertz CT molecular complexity index is 712. The molecule has 0 bridgehead atoms. The summed E-state index contributed by atoms with van der Waals surface area (Å²) >= 11 is 1.65. The van der Waals surface area contributed by atoms with Gasteiger partial charge in [0.2, 0.25) is 0 Å². The minimum atomic E-state index is -0.0130. The first-order chi connectivity index (χ1) is 11.1. The summed E-state index contributed by atoms with van der Waals surface area (Å²) in [5, 5.41) is 7.32. The van der Waals surface area contributed by atoms with E-state index in [9.17, 15) is 4.79 Å². The summed E-state index contributed by atoms with van der Waals surface area (Å²) in [6, 6.07) is 6.07. The number of hydrogen-bond donors (Lipinski definition) is 1. The molecule has 6 heteroatoms. The lowest BCUT2D eigenvalue weighted by Gasteiger charge is -2.19. The van der Waals surface area contributed by atoms with Gasteiger partial charge in [-0.15, -0.1) is 11.8 Å². The number of carbonyl (C=O) groups excluding carboxylic acids is 1. The van der Waals surface area contributed by atoms with E-state index in [1.807, 2.05) is 60.4 Å². The quantitative estimate of drug-likeness (QED) is 0.877. The Kier molecular flexibility index (Phi) is 4.61. The van der Waals surface area contributed by atoms with Crippen molar-refractivity contribution in [2.45, 2.75) is 24.2 Å². The van der Waals surface area contributed by atoms with E-state index in [2.05, 4.69) is 10.4 Å². The number of benzene rings is 1. The van der Waals surface area contributed by atoms with Crippen LogP contribution in [0, 0.1) is 6.92 Å². The Morgan fingerprint density at radius 1 is 1.43 bits per heavy atom. The van der Waals surface area contributed by atoms with E-state index in [4.69, 9.17) is 0 Å². The number of anilines is 1. The normalized spacial score (nSPS) is 17.5. The zero-order chi connectivity index (χ0) is 16.4. The summed E-state index contributed by atoms with van der Waals surface area (Å²) in [6.07, 6.45) is 6.96. The van der Waals surface area contributed by atoms with E-state index in [0.717, 1.165) is 35.7 Å². The zero-order valence-electron chi connectivity index (χ0n) is 13.7. The number of aromatic nitrogens is 2. The van der Waals surface area contributed by atoms with Crippen molar-refractivity contribution < 1.29 is 4.79 Å². The highest BCUT2D eigenvalue weighted by molar-refractivity contribution is 7.98. The van der Waals surface area contributed by atoms with Gasteiger partial charge in [-0.2, -0.15) is 5.10 Å². The number of hydrogen-bond acceptors (Lipinski definition) is 3. The molecule has 0 unspecified atom stereocenters. The second-order valence-corrected chi connectivity index (χ2v) is 6.81. The van der Waals surface area contributed by atoms with E-state index < -0.39 is 0 Å². The van der Waals surface area contributed by atoms with Gasteiger partial charge in [0.1, 0.15) is 0 Å². The topological polar surface area (TPSA) is 50.2 Å².